The van der Waals surface area contributed by atoms with Gasteiger partial charge < -0.3 is 35.3 Å². The van der Waals surface area contributed by atoms with E-state index < -0.39 is 40.9 Å². The molecule has 3 fully saturated rings. The fraction of sp³-hybridized carbons (Fsp3) is 0.562. The summed E-state index contributed by atoms with van der Waals surface area (Å²) in [5.41, 5.74) is 1.38. The van der Waals surface area contributed by atoms with Crippen molar-refractivity contribution in [3.8, 4) is 0 Å². The van der Waals surface area contributed by atoms with Gasteiger partial charge in [0.2, 0.25) is 5.91 Å². The lowest BCUT2D eigenvalue weighted by Crippen LogP contribution is -2.51. The van der Waals surface area contributed by atoms with Gasteiger partial charge in [0.15, 0.2) is 6.29 Å². The van der Waals surface area contributed by atoms with Crippen molar-refractivity contribution < 1.29 is 42.2 Å². The zero-order valence-corrected chi connectivity index (χ0v) is 26.8. The Hall–Kier alpha value is -3.27. The first kappa shape index (κ1) is 34.1. The van der Waals surface area contributed by atoms with Crippen molar-refractivity contribution in [3.05, 3.63) is 60.2 Å². The summed E-state index contributed by atoms with van der Waals surface area (Å²) in [6, 6.07) is 14.7. The number of fused-ring (bicyclic) bond motifs is 1. The number of aliphatic hydroxyl groups excluding tert-OH is 1. The molecule has 0 radical (unpaired) electrons. The predicted octanol–water partition coefficient (Wildman–Crippen LogP) is 2.56. The number of sulfonamides is 1. The smallest absolute Gasteiger partial charge is 0.407 e. The number of aliphatic hydroxyl groups is 1. The number of benzene rings is 2. The summed E-state index contributed by atoms with van der Waals surface area (Å²) in [5.74, 6) is -0.214. The van der Waals surface area contributed by atoms with Gasteiger partial charge in [-0.05, 0) is 49.4 Å². The second-order valence-corrected chi connectivity index (χ2v) is 13.7. The fourth-order valence-corrected chi connectivity index (χ4v) is 7.33. The van der Waals surface area contributed by atoms with Crippen LogP contribution in [0, 0.1) is 5.92 Å². The summed E-state index contributed by atoms with van der Waals surface area (Å²) in [7, 11) is -4.25. The van der Waals surface area contributed by atoms with E-state index in [-0.39, 0.29) is 42.1 Å². The molecule has 5 rings (SSSR count). The van der Waals surface area contributed by atoms with Crippen LogP contribution in [0.25, 0.3) is 0 Å². The second kappa shape index (κ2) is 16.0. The molecule has 2 aromatic carbocycles. The molecule has 5 atom stereocenters. The SMILES string of the molecule is CC(=O)NCCNc1cccc(S(=O)(=O)N(C[C@H](O)[C@H](Cc2ccccc2)NC(=O)O[C@H]2CO[C@H]3OCC[C@H]32)OC2CCCC2)c1. The number of carbonyl (C=O) groups excluding carboxylic acids is 2. The summed E-state index contributed by atoms with van der Waals surface area (Å²) in [5, 5.41) is 20.2. The first-order valence-corrected chi connectivity index (χ1v) is 17.3. The van der Waals surface area contributed by atoms with Crippen LogP contribution in [-0.2, 0) is 40.3 Å². The van der Waals surface area contributed by atoms with E-state index in [0.29, 0.717) is 38.2 Å². The first-order valence-electron chi connectivity index (χ1n) is 15.9. The largest absolute Gasteiger partial charge is 0.443 e. The Morgan fingerprint density at radius 3 is 2.59 bits per heavy atom. The zero-order chi connectivity index (χ0) is 32.5. The van der Waals surface area contributed by atoms with Crippen molar-refractivity contribution in [3.63, 3.8) is 0 Å². The number of alkyl carbamates (subject to hydrolysis) is 1. The third-order valence-corrected chi connectivity index (χ3v) is 10.1. The summed E-state index contributed by atoms with van der Waals surface area (Å²) in [4.78, 5) is 30.3. The van der Waals surface area contributed by atoms with Crippen LogP contribution < -0.4 is 16.0 Å². The highest BCUT2D eigenvalue weighted by Crippen LogP contribution is 2.33. The van der Waals surface area contributed by atoms with Crippen LogP contribution >= 0.6 is 0 Å². The molecule has 2 amide bonds. The summed E-state index contributed by atoms with van der Waals surface area (Å²) >= 11 is 0. The molecule has 2 aromatic rings. The van der Waals surface area contributed by atoms with Gasteiger partial charge >= 0.3 is 6.09 Å². The quantitative estimate of drug-likeness (QED) is 0.165. The fourth-order valence-electron chi connectivity index (χ4n) is 5.99. The number of carbonyl (C=O) groups is 2. The Balaban J connectivity index is 1.32. The number of hydroxylamine groups is 1. The average molecular weight is 661 g/mol. The molecule has 2 saturated heterocycles. The topological polar surface area (TPSA) is 165 Å². The van der Waals surface area contributed by atoms with Gasteiger partial charge in [-0.25, -0.2) is 13.2 Å². The van der Waals surface area contributed by atoms with Gasteiger partial charge in [0.1, 0.15) is 6.10 Å². The number of nitrogens with zero attached hydrogens (tertiary/aromatic N) is 1. The van der Waals surface area contributed by atoms with Gasteiger partial charge in [-0.2, -0.15) is 0 Å². The number of rotatable bonds is 15. The van der Waals surface area contributed by atoms with Gasteiger partial charge in [-0.1, -0.05) is 53.7 Å². The summed E-state index contributed by atoms with van der Waals surface area (Å²) in [6.07, 6.45) is 0.873. The van der Waals surface area contributed by atoms with Crippen molar-refractivity contribution in [2.24, 2.45) is 5.92 Å². The van der Waals surface area contributed by atoms with Crippen LogP contribution in [0.1, 0.15) is 44.6 Å². The summed E-state index contributed by atoms with van der Waals surface area (Å²) < 4.78 is 45.7. The van der Waals surface area contributed by atoms with Crippen molar-refractivity contribution in [2.75, 3.05) is 38.2 Å². The number of hydrogen-bond donors (Lipinski definition) is 4. The number of hydrogen-bond acceptors (Lipinski definition) is 10. The zero-order valence-electron chi connectivity index (χ0n) is 26.0. The van der Waals surface area contributed by atoms with Gasteiger partial charge in [-0.15, -0.1) is 0 Å². The molecule has 14 heteroatoms. The predicted molar refractivity (Wildman–Crippen MR) is 168 cm³/mol. The Morgan fingerprint density at radius 1 is 1.04 bits per heavy atom. The van der Waals surface area contributed by atoms with E-state index >= 15 is 0 Å². The van der Waals surface area contributed by atoms with E-state index in [1.165, 1.54) is 19.1 Å². The molecule has 1 saturated carbocycles. The maximum Gasteiger partial charge on any atom is 0.407 e. The summed E-state index contributed by atoms with van der Waals surface area (Å²) in [6.45, 7) is 2.52. The third-order valence-electron chi connectivity index (χ3n) is 8.44. The minimum atomic E-state index is -4.25. The Morgan fingerprint density at radius 2 is 1.83 bits per heavy atom. The number of nitrogens with one attached hydrogen (secondary N) is 3. The Bertz CT molecular complexity index is 1410. The molecule has 0 bridgehead atoms. The van der Waals surface area contributed by atoms with E-state index in [9.17, 15) is 23.1 Å². The molecule has 2 aliphatic heterocycles. The van der Waals surface area contributed by atoms with Crippen LogP contribution in [0.5, 0.6) is 0 Å². The van der Waals surface area contributed by atoms with E-state index in [4.69, 9.17) is 19.0 Å². The highest BCUT2D eigenvalue weighted by molar-refractivity contribution is 7.89. The molecule has 1 aliphatic carbocycles. The van der Waals surface area contributed by atoms with Crippen molar-refractivity contribution in [1.82, 2.24) is 15.1 Å². The van der Waals surface area contributed by atoms with E-state index in [1.807, 2.05) is 30.3 Å². The van der Waals surface area contributed by atoms with E-state index in [2.05, 4.69) is 16.0 Å². The number of ether oxygens (including phenoxy) is 3. The first-order chi connectivity index (χ1) is 22.2. The maximum absolute atomic E-state index is 14.0. The monoisotopic (exact) mass is 660 g/mol. The van der Waals surface area contributed by atoms with Gasteiger partial charge in [0.05, 0.1) is 48.8 Å². The normalized spacial score (nSPS) is 22.7. The van der Waals surface area contributed by atoms with Gasteiger partial charge in [0.25, 0.3) is 10.0 Å². The molecule has 4 N–H and O–H groups in total. The lowest BCUT2D eigenvalue weighted by Gasteiger charge is -2.31. The molecule has 0 unspecified atom stereocenters. The molecule has 0 aromatic heterocycles. The van der Waals surface area contributed by atoms with Crippen molar-refractivity contribution in [1.29, 1.82) is 0 Å². The highest BCUT2D eigenvalue weighted by Gasteiger charge is 2.44. The lowest BCUT2D eigenvalue weighted by atomic mass is 10.0. The number of amides is 2. The molecule has 252 valence electrons. The molecule has 46 heavy (non-hydrogen) atoms. The van der Waals surface area contributed by atoms with Crippen molar-refractivity contribution >= 4 is 27.7 Å². The lowest BCUT2D eigenvalue weighted by molar-refractivity contribution is -0.145. The van der Waals surface area contributed by atoms with Crippen LogP contribution in [-0.4, -0.2) is 93.5 Å². The van der Waals surface area contributed by atoms with Crippen LogP contribution in [0.15, 0.2) is 59.5 Å². The molecular formula is C32H44N4O9S. The Kier molecular flexibility index (Phi) is 11.9. The number of anilines is 1. The van der Waals surface area contributed by atoms with Crippen LogP contribution in [0.4, 0.5) is 10.5 Å². The minimum absolute atomic E-state index is 0.0243. The minimum Gasteiger partial charge on any atom is -0.443 e. The van der Waals surface area contributed by atoms with E-state index in [1.54, 1.807) is 12.1 Å². The maximum atomic E-state index is 14.0. The van der Waals surface area contributed by atoms with Crippen LogP contribution in [0.2, 0.25) is 0 Å². The Labute approximate surface area is 269 Å². The standard InChI is InChI=1S/C32H44N4O9S/c1-22(37)33-15-16-34-24-10-7-13-26(19-24)46(40,41)36(45-25-11-5-6-12-25)20-29(38)28(18-23-8-3-2-4-9-23)35-32(39)44-30-21-43-31-27(30)14-17-42-31/h2-4,7-10,13,19,25,27-31,34,38H,5-6,11-12,14-18,20-21H2,1H3,(H,33,37)(H,35,39)/t27-,28-,29-,30-,31+/m0/s1. The van der Waals surface area contributed by atoms with Gasteiger partial charge in [0, 0.05) is 25.7 Å². The van der Waals surface area contributed by atoms with Crippen LogP contribution in [0.3, 0.4) is 0 Å². The average Bonchev–Trinajstić information content (AvgIpc) is 3.80. The third kappa shape index (κ3) is 9.17. The second-order valence-electron chi connectivity index (χ2n) is 11.9. The molecule has 0 spiro atoms. The van der Waals surface area contributed by atoms with Gasteiger partial charge in [-0.3, -0.25) is 9.63 Å². The van der Waals surface area contributed by atoms with E-state index in [0.717, 1.165) is 29.3 Å². The highest BCUT2D eigenvalue weighted by atomic mass is 32.2. The molecular weight excluding hydrogens is 616 g/mol. The van der Waals surface area contributed by atoms with Crippen molar-refractivity contribution in [2.45, 2.75) is 81.0 Å². The molecule has 2 heterocycles. The molecule has 3 aliphatic rings. The molecule has 13 nitrogen and oxygen atoms in total.